The van der Waals surface area contributed by atoms with E-state index in [4.69, 9.17) is 9.47 Å². The number of nitrogens with zero attached hydrogens (tertiary/aromatic N) is 3. The highest BCUT2D eigenvalue weighted by Gasteiger charge is 2.28. The van der Waals surface area contributed by atoms with Crippen LogP contribution in [-0.4, -0.2) is 57.8 Å². The van der Waals surface area contributed by atoms with E-state index in [1.165, 1.54) is 0 Å². The van der Waals surface area contributed by atoms with Crippen molar-refractivity contribution < 1.29 is 19.1 Å². The number of H-pyrrole nitrogens is 1. The molecule has 1 saturated heterocycles. The highest BCUT2D eigenvalue weighted by Crippen LogP contribution is 2.20. The summed E-state index contributed by atoms with van der Waals surface area (Å²) in [4.78, 5) is 41.2. The molecule has 0 saturated carbocycles. The number of aromatic nitrogens is 3. The standard InChI is InChI=1S/C23H30N4O5/c1-4-31-23(30)17-11-13-27(14-12-17)20(28)10-9-19-22(29)24-21(26-25-19)16-5-7-18(8-6-16)32-15(2)3/h5-8,15,17H,4,9-14H2,1-3H3,(H,24,26,29). The van der Waals surface area contributed by atoms with Gasteiger partial charge in [0.15, 0.2) is 5.82 Å². The van der Waals surface area contributed by atoms with Gasteiger partial charge in [0.2, 0.25) is 5.91 Å². The molecule has 1 amide bonds. The molecular formula is C23H30N4O5. The molecule has 1 aromatic heterocycles. The number of aromatic amines is 1. The summed E-state index contributed by atoms with van der Waals surface area (Å²) in [6, 6.07) is 7.24. The molecule has 9 heteroatoms. The third-order valence-electron chi connectivity index (χ3n) is 5.31. The molecule has 0 bridgehead atoms. The van der Waals surface area contributed by atoms with Crippen LogP contribution in [0.25, 0.3) is 11.4 Å². The van der Waals surface area contributed by atoms with Gasteiger partial charge in [0, 0.05) is 31.5 Å². The number of ether oxygens (including phenoxy) is 2. The fraction of sp³-hybridized carbons (Fsp3) is 0.522. The molecule has 1 N–H and O–H groups in total. The molecule has 32 heavy (non-hydrogen) atoms. The van der Waals surface area contributed by atoms with E-state index < -0.39 is 0 Å². The number of hydrogen-bond donors (Lipinski definition) is 1. The first kappa shape index (κ1) is 23.4. The third kappa shape index (κ3) is 6.15. The summed E-state index contributed by atoms with van der Waals surface area (Å²) < 4.78 is 10.7. The highest BCUT2D eigenvalue weighted by molar-refractivity contribution is 5.77. The SMILES string of the molecule is CCOC(=O)C1CCN(C(=O)CCc2nnc(-c3ccc(OC(C)C)cc3)[nH]c2=O)CC1. The van der Waals surface area contributed by atoms with Gasteiger partial charge < -0.3 is 19.4 Å². The van der Waals surface area contributed by atoms with Crippen LogP contribution in [0, 0.1) is 5.92 Å². The van der Waals surface area contributed by atoms with Gasteiger partial charge in [-0.3, -0.25) is 14.4 Å². The van der Waals surface area contributed by atoms with Crippen LogP contribution in [0.3, 0.4) is 0 Å². The van der Waals surface area contributed by atoms with Crippen LogP contribution < -0.4 is 10.3 Å². The Labute approximate surface area is 187 Å². The van der Waals surface area contributed by atoms with Crippen molar-refractivity contribution in [3.63, 3.8) is 0 Å². The van der Waals surface area contributed by atoms with Crippen LogP contribution in [-0.2, 0) is 20.7 Å². The number of nitrogens with one attached hydrogen (secondary N) is 1. The van der Waals surface area contributed by atoms with Crippen LogP contribution in [0.5, 0.6) is 5.75 Å². The molecule has 1 aromatic carbocycles. The molecule has 0 spiro atoms. The van der Waals surface area contributed by atoms with Crippen molar-refractivity contribution >= 4 is 11.9 Å². The molecule has 3 rings (SSSR count). The summed E-state index contributed by atoms with van der Waals surface area (Å²) in [7, 11) is 0. The second-order valence-electron chi connectivity index (χ2n) is 8.05. The smallest absolute Gasteiger partial charge is 0.309 e. The zero-order chi connectivity index (χ0) is 23.1. The average molecular weight is 443 g/mol. The van der Waals surface area contributed by atoms with Crippen molar-refractivity contribution in [3.8, 4) is 17.1 Å². The largest absolute Gasteiger partial charge is 0.491 e. The first-order chi connectivity index (χ1) is 15.4. The van der Waals surface area contributed by atoms with Crippen molar-refractivity contribution in [3.05, 3.63) is 40.3 Å². The van der Waals surface area contributed by atoms with Gasteiger partial charge in [-0.15, -0.1) is 10.2 Å². The van der Waals surface area contributed by atoms with Crippen molar-refractivity contribution in [1.29, 1.82) is 0 Å². The van der Waals surface area contributed by atoms with E-state index in [-0.39, 0.29) is 48.0 Å². The summed E-state index contributed by atoms with van der Waals surface area (Å²) in [5.41, 5.74) is 0.590. The fourth-order valence-electron chi connectivity index (χ4n) is 3.63. The van der Waals surface area contributed by atoms with Gasteiger partial charge in [-0.2, -0.15) is 0 Å². The molecular weight excluding hydrogens is 412 g/mol. The molecule has 1 fully saturated rings. The Kier molecular flexibility index (Phi) is 7.97. The normalized spacial score (nSPS) is 14.4. The molecule has 0 unspecified atom stereocenters. The van der Waals surface area contributed by atoms with Crippen molar-refractivity contribution in [2.75, 3.05) is 19.7 Å². The predicted molar refractivity (Wildman–Crippen MR) is 118 cm³/mol. The maximum absolute atomic E-state index is 12.5. The van der Waals surface area contributed by atoms with Gasteiger partial charge in [0.25, 0.3) is 5.56 Å². The Hall–Kier alpha value is -3.23. The Morgan fingerprint density at radius 1 is 1.16 bits per heavy atom. The number of aryl methyl sites for hydroxylation is 1. The van der Waals surface area contributed by atoms with Gasteiger partial charge in [0.05, 0.1) is 18.6 Å². The van der Waals surface area contributed by atoms with E-state index in [1.54, 1.807) is 24.0 Å². The van der Waals surface area contributed by atoms with Crippen LogP contribution in [0.4, 0.5) is 0 Å². The second-order valence-corrected chi connectivity index (χ2v) is 8.05. The third-order valence-corrected chi connectivity index (χ3v) is 5.31. The number of benzene rings is 1. The molecule has 0 atom stereocenters. The minimum absolute atomic E-state index is 0.0571. The Morgan fingerprint density at radius 2 is 1.84 bits per heavy atom. The molecule has 0 radical (unpaired) electrons. The Bertz CT molecular complexity index is 979. The highest BCUT2D eigenvalue weighted by atomic mass is 16.5. The maximum atomic E-state index is 12.5. The predicted octanol–water partition coefficient (Wildman–Crippen LogP) is 2.35. The van der Waals surface area contributed by atoms with E-state index in [0.29, 0.717) is 38.4 Å². The summed E-state index contributed by atoms with van der Waals surface area (Å²) in [6.45, 7) is 7.08. The molecule has 2 heterocycles. The van der Waals surface area contributed by atoms with Gasteiger partial charge in [-0.05, 0) is 57.9 Å². The summed E-state index contributed by atoms with van der Waals surface area (Å²) in [5.74, 6) is 0.704. The molecule has 1 aliphatic heterocycles. The summed E-state index contributed by atoms with van der Waals surface area (Å²) in [5, 5.41) is 8.16. The Morgan fingerprint density at radius 3 is 2.44 bits per heavy atom. The number of amides is 1. The quantitative estimate of drug-likeness (QED) is 0.624. The van der Waals surface area contributed by atoms with Crippen LogP contribution in [0.15, 0.2) is 29.1 Å². The maximum Gasteiger partial charge on any atom is 0.309 e. The lowest BCUT2D eigenvalue weighted by Crippen LogP contribution is -2.40. The van der Waals surface area contributed by atoms with Crippen molar-refractivity contribution in [1.82, 2.24) is 20.1 Å². The van der Waals surface area contributed by atoms with Gasteiger partial charge in [0.1, 0.15) is 11.4 Å². The van der Waals surface area contributed by atoms with E-state index in [9.17, 15) is 14.4 Å². The number of piperidine rings is 1. The van der Waals surface area contributed by atoms with Crippen molar-refractivity contribution in [2.24, 2.45) is 5.92 Å². The lowest BCUT2D eigenvalue weighted by molar-refractivity contribution is -0.151. The lowest BCUT2D eigenvalue weighted by Gasteiger charge is -2.30. The molecule has 9 nitrogen and oxygen atoms in total. The number of carbonyl (C=O) groups is 2. The molecule has 0 aliphatic carbocycles. The minimum Gasteiger partial charge on any atom is -0.491 e. The van der Waals surface area contributed by atoms with Crippen molar-refractivity contribution in [2.45, 2.75) is 52.6 Å². The number of carbonyl (C=O) groups excluding carboxylic acids is 2. The molecule has 172 valence electrons. The first-order valence-corrected chi connectivity index (χ1v) is 11.0. The Balaban J connectivity index is 1.53. The van der Waals surface area contributed by atoms with E-state index in [0.717, 1.165) is 11.3 Å². The summed E-state index contributed by atoms with van der Waals surface area (Å²) >= 11 is 0. The number of esters is 1. The van der Waals surface area contributed by atoms with E-state index >= 15 is 0 Å². The van der Waals surface area contributed by atoms with E-state index in [2.05, 4.69) is 15.2 Å². The zero-order valence-electron chi connectivity index (χ0n) is 18.8. The second kappa shape index (κ2) is 10.9. The topological polar surface area (TPSA) is 114 Å². The average Bonchev–Trinajstić information content (AvgIpc) is 2.78. The minimum atomic E-state index is -0.355. The molecule has 1 aliphatic rings. The monoisotopic (exact) mass is 442 g/mol. The van der Waals surface area contributed by atoms with Crippen LogP contribution >= 0.6 is 0 Å². The molecule has 2 aromatic rings. The number of hydrogen-bond acceptors (Lipinski definition) is 7. The fourth-order valence-corrected chi connectivity index (χ4v) is 3.63. The van der Waals surface area contributed by atoms with Crippen LogP contribution in [0.2, 0.25) is 0 Å². The van der Waals surface area contributed by atoms with E-state index in [1.807, 2.05) is 26.0 Å². The van der Waals surface area contributed by atoms with Gasteiger partial charge >= 0.3 is 5.97 Å². The van der Waals surface area contributed by atoms with Gasteiger partial charge in [-0.25, -0.2) is 0 Å². The number of likely N-dealkylation sites (tertiary alicyclic amines) is 1. The lowest BCUT2D eigenvalue weighted by atomic mass is 9.96. The van der Waals surface area contributed by atoms with Gasteiger partial charge in [-0.1, -0.05) is 0 Å². The first-order valence-electron chi connectivity index (χ1n) is 11.0. The zero-order valence-corrected chi connectivity index (χ0v) is 18.8. The summed E-state index contributed by atoms with van der Waals surface area (Å²) in [6.07, 6.45) is 1.65. The number of rotatable bonds is 8. The van der Waals surface area contributed by atoms with Crippen LogP contribution in [0.1, 0.15) is 45.7 Å².